The van der Waals surface area contributed by atoms with E-state index < -0.39 is 17.3 Å². The predicted molar refractivity (Wildman–Crippen MR) is 105 cm³/mol. The van der Waals surface area contributed by atoms with Crippen molar-refractivity contribution in [1.82, 2.24) is 10.9 Å². The Balaban J connectivity index is 2.57. The van der Waals surface area contributed by atoms with E-state index in [-0.39, 0.29) is 23.3 Å². The number of rotatable bonds is 7. The number of hydrazine groups is 1. The van der Waals surface area contributed by atoms with Crippen LogP contribution in [0.5, 0.6) is 0 Å². The molecule has 1 aromatic carbocycles. The van der Waals surface area contributed by atoms with Gasteiger partial charge in [0.15, 0.2) is 0 Å². The first kappa shape index (κ1) is 22.2. The molecule has 7 heteroatoms. The van der Waals surface area contributed by atoms with Gasteiger partial charge in [0.05, 0.1) is 17.7 Å². The second kappa shape index (κ2) is 8.70. The van der Waals surface area contributed by atoms with Gasteiger partial charge in [-0.25, -0.2) is 4.79 Å². The van der Waals surface area contributed by atoms with Crippen molar-refractivity contribution in [2.75, 3.05) is 5.32 Å². The summed E-state index contributed by atoms with van der Waals surface area (Å²) in [6, 6.07) is 6.33. The normalized spacial score (nSPS) is 11.4. The molecule has 27 heavy (non-hydrogen) atoms. The Morgan fingerprint density at radius 2 is 1.63 bits per heavy atom. The van der Waals surface area contributed by atoms with Gasteiger partial charge in [0, 0.05) is 11.1 Å². The second-order valence-corrected chi connectivity index (χ2v) is 8.38. The van der Waals surface area contributed by atoms with Gasteiger partial charge >= 0.3 is 5.97 Å². The van der Waals surface area contributed by atoms with E-state index in [0.717, 1.165) is 0 Å². The number of carboxylic acid groups (broad SMARTS) is 1. The molecule has 7 nitrogen and oxygen atoms in total. The molecular weight excluding hydrogens is 346 g/mol. The largest absolute Gasteiger partial charge is 0.478 e. The van der Waals surface area contributed by atoms with E-state index in [0.29, 0.717) is 17.8 Å². The number of nitrogens with one attached hydrogen (secondary N) is 3. The quantitative estimate of drug-likeness (QED) is 0.547. The van der Waals surface area contributed by atoms with Crippen LogP contribution in [0.4, 0.5) is 5.69 Å². The summed E-state index contributed by atoms with van der Waals surface area (Å²) in [4.78, 5) is 35.5. The van der Waals surface area contributed by atoms with Crippen LogP contribution >= 0.6 is 0 Å². The van der Waals surface area contributed by atoms with Crippen molar-refractivity contribution in [1.29, 1.82) is 0 Å². The molecule has 0 saturated heterocycles. The monoisotopic (exact) mass is 375 g/mol. The van der Waals surface area contributed by atoms with Gasteiger partial charge in [0.2, 0.25) is 11.8 Å². The zero-order valence-corrected chi connectivity index (χ0v) is 16.6. The highest BCUT2D eigenvalue weighted by Gasteiger charge is 2.32. The highest BCUT2D eigenvalue weighted by Crippen LogP contribution is 2.33. The molecule has 0 saturated carbocycles. The number of para-hydroxylation sites is 1. The van der Waals surface area contributed by atoms with Crippen LogP contribution in [-0.4, -0.2) is 22.9 Å². The number of hydrogen-bond acceptors (Lipinski definition) is 4. The maximum absolute atomic E-state index is 12.3. The third-order valence-electron chi connectivity index (χ3n) is 3.75. The second-order valence-electron chi connectivity index (χ2n) is 8.38. The molecule has 0 spiro atoms. The van der Waals surface area contributed by atoms with Crippen molar-refractivity contribution in [3.63, 3.8) is 0 Å². The highest BCUT2D eigenvalue weighted by atomic mass is 16.4. The number of carbonyl (C=O) groups is 3. The number of anilines is 1. The van der Waals surface area contributed by atoms with Crippen LogP contribution in [0.3, 0.4) is 0 Å². The lowest BCUT2D eigenvalue weighted by atomic mass is 9.76. The van der Waals surface area contributed by atoms with Crippen molar-refractivity contribution in [2.24, 2.45) is 10.8 Å². The minimum absolute atomic E-state index is 0.0272. The topological polar surface area (TPSA) is 108 Å². The summed E-state index contributed by atoms with van der Waals surface area (Å²) in [5, 5.41) is 12.0. The Labute approximate surface area is 160 Å². The van der Waals surface area contributed by atoms with Crippen LogP contribution in [0.2, 0.25) is 0 Å². The van der Waals surface area contributed by atoms with Crippen LogP contribution in [0.25, 0.3) is 0 Å². The van der Waals surface area contributed by atoms with Gasteiger partial charge in [0.1, 0.15) is 0 Å². The van der Waals surface area contributed by atoms with Crippen molar-refractivity contribution in [3.8, 4) is 0 Å². The van der Waals surface area contributed by atoms with Crippen molar-refractivity contribution in [2.45, 2.75) is 47.5 Å². The summed E-state index contributed by atoms with van der Waals surface area (Å²) >= 11 is 0. The van der Waals surface area contributed by atoms with Crippen molar-refractivity contribution >= 4 is 23.5 Å². The first-order valence-electron chi connectivity index (χ1n) is 8.68. The summed E-state index contributed by atoms with van der Waals surface area (Å²) < 4.78 is 0. The molecule has 0 atom stereocenters. The van der Waals surface area contributed by atoms with E-state index in [4.69, 9.17) is 5.11 Å². The van der Waals surface area contributed by atoms with E-state index >= 15 is 0 Å². The van der Waals surface area contributed by atoms with Gasteiger partial charge in [-0.3, -0.25) is 20.4 Å². The molecule has 0 aliphatic carbocycles. The maximum atomic E-state index is 12.3. The molecule has 148 valence electrons. The van der Waals surface area contributed by atoms with E-state index in [1.807, 2.05) is 34.6 Å². The summed E-state index contributed by atoms with van der Waals surface area (Å²) in [5.41, 5.74) is 4.89. The third kappa shape index (κ3) is 7.52. The van der Waals surface area contributed by atoms with Gasteiger partial charge in [-0.2, -0.15) is 0 Å². The van der Waals surface area contributed by atoms with Crippen LogP contribution < -0.4 is 16.2 Å². The van der Waals surface area contributed by atoms with Crippen LogP contribution in [0.1, 0.15) is 57.8 Å². The molecule has 0 radical (unpaired) electrons. The van der Waals surface area contributed by atoms with Crippen LogP contribution in [0, 0.1) is 10.8 Å². The zero-order valence-electron chi connectivity index (χ0n) is 16.6. The van der Waals surface area contributed by atoms with E-state index in [1.165, 1.54) is 6.07 Å². The highest BCUT2D eigenvalue weighted by molar-refractivity contribution is 5.94. The predicted octanol–water partition coefficient (Wildman–Crippen LogP) is 3.31. The number of carbonyl (C=O) groups excluding carboxylic acids is 2. The van der Waals surface area contributed by atoms with Gasteiger partial charge in [-0.1, -0.05) is 53.3 Å². The summed E-state index contributed by atoms with van der Waals surface area (Å²) in [6.45, 7) is 13.5. The third-order valence-corrected chi connectivity index (χ3v) is 3.75. The Hall–Kier alpha value is -2.83. The molecule has 0 fully saturated rings. The Morgan fingerprint density at radius 1 is 1.04 bits per heavy atom. The Bertz CT molecular complexity index is 733. The van der Waals surface area contributed by atoms with E-state index in [1.54, 1.807) is 18.2 Å². The minimum Gasteiger partial charge on any atom is -0.478 e. The molecule has 1 rings (SSSR count). The Morgan fingerprint density at radius 3 is 2.19 bits per heavy atom. The average Bonchev–Trinajstić information content (AvgIpc) is 2.50. The van der Waals surface area contributed by atoms with Crippen LogP contribution in [0.15, 0.2) is 36.5 Å². The molecular formula is C20H29N3O4. The smallest absolute Gasteiger partial charge is 0.337 e. The summed E-state index contributed by atoms with van der Waals surface area (Å²) in [6.07, 6.45) is 0.538. The summed E-state index contributed by atoms with van der Waals surface area (Å²) in [5.74, 6) is -1.82. The maximum Gasteiger partial charge on any atom is 0.337 e. The Kier molecular flexibility index (Phi) is 7.16. The number of aromatic carboxylic acids is 1. The van der Waals surface area contributed by atoms with Crippen molar-refractivity contribution < 1.29 is 19.5 Å². The van der Waals surface area contributed by atoms with Gasteiger partial charge in [-0.15, -0.1) is 0 Å². The van der Waals surface area contributed by atoms with Crippen molar-refractivity contribution in [3.05, 3.63) is 42.1 Å². The van der Waals surface area contributed by atoms with E-state index in [2.05, 4.69) is 22.7 Å². The molecule has 0 aliphatic rings. The fourth-order valence-electron chi connectivity index (χ4n) is 2.95. The van der Waals surface area contributed by atoms with Gasteiger partial charge in [-0.05, 0) is 24.0 Å². The molecule has 0 aliphatic heterocycles. The molecule has 0 aromatic heterocycles. The lowest BCUT2D eigenvalue weighted by Gasteiger charge is -2.31. The lowest BCUT2D eigenvalue weighted by Crippen LogP contribution is -2.48. The lowest BCUT2D eigenvalue weighted by molar-refractivity contribution is -0.135. The minimum atomic E-state index is -1.08. The number of amides is 2. The SMILES string of the molecule is C=C(CC(=O)NNC(=O)C(C)(C)CC(C)(C)C)Nc1ccccc1C(=O)O. The average molecular weight is 375 g/mol. The summed E-state index contributed by atoms with van der Waals surface area (Å²) in [7, 11) is 0. The molecule has 4 N–H and O–H groups in total. The molecule has 0 heterocycles. The number of hydrogen-bond donors (Lipinski definition) is 4. The molecule has 0 bridgehead atoms. The number of carboxylic acids is 1. The number of benzene rings is 1. The van der Waals surface area contributed by atoms with E-state index in [9.17, 15) is 14.4 Å². The molecule has 0 unspecified atom stereocenters. The zero-order chi connectivity index (χ0) is 20.8. The fourth-order valence-corrected chi connectivity index (χ4v) is 2.95. The van der Waals surface area contributed by atoms with Crippen LogP contribution in [-0.2, 0) is 9.59 Å². The van der Waals surface area contributed by atoms with Gasteiger partial charge < -0.3 is 10.4 Å². The molecule has 2 amide bonds. The standard InChI is InChI=1S/C20H29N3O4/c1-13(21-15-10-8-7-9-14(15)17(25)26)11-16(24)22-23-18(27)20(5,6)12-19(2,3)4/h7-10,21H,1,11-12H2,2-6H3,(H,22,24)(H,23,27)(H,25,26). The fraction of sp³-hybridized carbons (Fsp3) is 0.450. The first-order chi connectivity index (χ1) is 12.3. The molecule has 1 aromatic rings. The van der Waals surface area contributed by atoms with Gasteiger partial charge in [0.25, 0.3) is 0 Å². The first-order valence-corrected chi connectivity index (χ1v) is 8.68.